The van der Waals surface area contributed by atoms with Crippen LogP contribution in [0.5, 0.6) is 0 Å². The number of piperidine rings is 1. The predicted octanol–water partition coefficient (Wildman–Crippen LogP) is 3.32. The summed E-state index contributed by atoms with van der Waals surface area (Å²) in [4.78, 5) is 3.73. The minimum absolute atomic E-state index is 0.389. The van der Waals surface area contributed by atoms with Crippen LogP contribution in [0.3, 0.4) is 0 Å². The number of thiocarbonyl (C=S) groups is 1. The van der Waals surface area contributed by atoms with Gasteiger partial charge in [0.15, 0.2) is 5.11 Å². The Balaban J connectivity index is 1.52. The average Bonchev–Trinajstić information content (AvgIpc) is 3.15. The number of hydrogen-bond donors (Lipinski definition) is 2. The third-order valence-electron chi connectivity index (χ3n) is 5.87. The van der Waals surface area contributed by atoms with E-state index in [1.165, 1.54) is 31.7 Å². The van der Waals surface area contributed by atoms with Crippen LogP contribution in [0.1, 0.15) is 44.1 Å². The Kier molecular flexibility index (Phi) is 6.07. The Hall–Kier alpha value is -1.34. The SMILES string of the molecule is C[NH+](C1CCCC1)C1CCN(C(=S)Nc2cccc(C(F)(F)F)c2)CC1. The molecule has 1 aliphatic heterocycles. The van der Waals surface area contributed by atoms with Crippen molar-refractivity contribution in [2.75, 3.05) is 25.5 Å². The second kappa shape index (κ2) is 8.13. The summed E-state index contributed by atoms with van der Waals surface area (Å²) in [5, 5.41) is 3.49. The van der Waals surface area contributed by atoms with Gasteiger partial charge in [-0.2, -0.15) is 13.2 Å². The standard InChI is InChI=1S/C19H26F3N3S/c1-24(16-7-2-3-8-16)17-9-11-25(12-10-17)18(26)23-15-6-4-5-14(13-15)19(20,21)22/h4-6,13,16-17H,2-3,7-12H2,1H3,(H,23,26)/p+1. The summed E-state index contributed by atoms with van der Waals surface area (Å²) in [5.41, 5.74) is -0.272. The molecule has 1 saturated heterocycles. The molecule has 1 atom stereocenters. The van der Waals surface area contributed by atoms with Crippen molar-refractivity contribution in [2.45, 2.75) is 56.8 Å². The van der Waals surface area contributed by atoms with Gasteiger partial charge in [0.05, 0.1) is 24.7 Å². The fourth-order valence-corrected chi connectivity index (χ4v) is 4.53. The molecule has 2 N–H and O–H groups in total. The number of quaternary nitrogens is 1. The minimum atomic E-state index is -4.34. The molecule has 1 aliphatic carbocycles. The van der Waals surface area contributed by atoms with Crippen molar-refractivity contribution in [2.24, 2.45) is 0 Å². The van der Waals surface area contributed by atoms with E-state index in [1.54, 1.807) is 11.0 Å². The molecule has 1 aromatic carbocycles. The molecule has 0 aromatic heterocycles. The molecular weight excluding hydrogens is 359 g/mol. The Morgan fingerprint density at radius 3 is 2.35 bits per heavy atom. The molecule has 26 heavy (non-hydrogen) atoms. The lowest BCUT2D eigenvalue weighted by Crippen LogP contribution is -3.16. The zero-order valence-corrected chi connectivity index (χ0v) is 15.9. The molecule has 3 rings (SSSR count). The van der Waals surface area contributed by atoms with E-state index < -0.39 is 11.7 Å². The van der Waals surface area contributed by atoms with Crippen LogP contribution in [0.2, 0.25) is 0 Å². The second-order valence-corrected chi connectivity index (χ2v) is 7.88. The van der Waals surface area contributed by atoms with Crippen molar-refractivity contribution in [3.05, 3.63) is 29.8 Å². The number of benzene rings is 1. The number of nitrogens with zero attached hydrogens (tertiary/aromatic N) is 1. The molecule has 1 saturated carbocycles. The van der Waals surface area contributed by atoms with Gasteiger partial charge in [-0.1, -0.05) is 6.07 Å². The first-order valence-electron chi connectivity index (χ1n) is 9.41. The van der Waals surface area contributed by atoms with Crippen LogP contribution in [0.25, 0.3) is 0 Å². The fraction of sp³-hybridized carbons (Fsp3) is 0.632. The molecule has 144 valence electrons. The van der Waals surface area contributed by atoms with E-state index in [0.717, 1.165) is 44.1 Å². The van der Waals surface area contributed by atoms with Crippen molar-refractivity contribution in [1.29, 1.82) is 0 Å². The lowest BCUT2D eigenvalue weighted by Gasteiger charge is -2.38. The number of hydrogen-bond acceptors (Lipinski definition) is 1. The highest BCUT2D eigenvalue weighted by atomic mass is 32.1. The van der Waals surface area contributed by atoms with Crippen molar-refractivity contribution in [3.63, 3.8) is 0 Å². The first-order chi connectivity index (χ1) is 12.3. The van der Waals surface area contributed by atoms with Crippen LogP contribution in [-0.2, 0) is 6.18 Å². The largest absolute Gasteiger partial charge is 0.416 e. The molecule has 0 spiro atoms. The van der Waals surface area contributed by atoms with Gasteiger partial charge in [0.2, 0.25) is 0 Å². The van der Waals surface area contributed by atoms with Crippen LogP contribution in [-0.4, -0.2) is 42.2 Å². The first kappa shape index (κ1) is 19.4. The van der Waals surface area contributed by atoms with E-state index in [-0.39, 0.29) is 0 Å². The van der Waals surface area contributed by atoms with E-state index in [0.29, 0.717) is 16.8 Å². The fourth-order valence-electron chi connectivity index (χ4n) is 4.23. The van der Waals surface area contributed by atoms with E-state index in [9.17, 15) is 13.2 Å². The number of anilines is 1. The lowest BCUT2D eigenvalue weighted by atomic mass is 10.0. The molecule has 1 heterocycles. The van der Waals surface area contributed by atoms with E-state index >= 15 is 0 Å². The Labute approximate surface area is 158 Å². The number of alkyl halides is 3. The predicted molar refractivity (Wildman–Crippen MR) is 101 cm³/mol. The highest BCUT2D eigenvalue weighted by Gasteiger charge is 2.33. The number of rotatable bonds is 3. The maximum atomic E-state index is 12.8. The number of nitrogens with one attached hydrogen (secondary N) is 2. The summed E-state index contributed by atoms with van der Waals surface area (Å²) in [6.07, 6.45) is 3.19. The van der Waals surface area contributed by atoms with Gasteiger partial charge in [0.1, 0.15) is 0 Å². The van der Waals surface area contributed by atoms with Gasteiger partial charge in [-0.3, -0.25) is 0 Å². The maximum absolute atomic E-state index is 12.8. The van der Waals surface area contributed by atoms with Gasteiger partial charge >= 0.3 is 6.18 Å². The molecule has 1 unspecified atom stereocenters. The van der Waals surface area contributed by atoms with Crippen LogP contribution in [0.4, 0.5) is 18.9 Å². The summed E-state index contributed by atoms with van der Waals surface area (Å²) >= 11 is 5.43. The molecular formula is C19H27F3N3S+. The van der Waals surface area contributed by atoms with E-state index in [4.69, 9.17) is 12.2 Å². The third kappa shape index (κ3) is 4.68. The number of likely N-dealkylation sites (tertiary alicyclic amines) is 1. The van der Waals surface area contributed by atoms with Crippen LogP contribution >= 0.6 is 12.2 Å². The minimum Gasteiger partial charge on any atom is -0.349 e. The summed E-state index contributed by atoms with van der Waals surface area (Å²) < 4.78 is 38.5. The average molecular weight is 387 g/mol. The first-order valence-corrected chi connectivity index (χ1v) is 9.82. The smallest absolute Gasteiger partial charge is 0.349 e. The van der Waals surface area contributed by atoms with Crippen LogP contribution in [0.15, 0.2) is 24.3 Å². The molecule has 0 bridgehead atoms. The normalized spacial score (nSPS) is 21.0. The Morgan fingerprint density at radius 2 is 1.73 bits per heavy atom. The maximum Gasteiger partial charge on any atom is 0.416 e. The molecule has 2 aliphatic rings. The molecule has 0 radical (unpaired) electrons. The van der Waals surface area contributed by atoms with E-state index in [2.05, 4.69) is 17.3 Å². The molecule has 0 amide bonds. The van der Waals surface area contributed by atoms with Crippen molar-refractivity contribution < 1.29 is 18.1 Å². The van der Waals surface area contributed by atoms with Crippen LogP contribution in [0, 0.1) is 0 Å². The summed E-state index contributed by atoms with van der Waals surface area (Å²) in [6, 6.07) is 6.65. The molecule has 1 aromatic rings. The molecule has 2 fully saturated rings. The highest BCUT2D eigenvalue weighted by Crippen LogP contribution is 2.30. The van der Waals surface area contributed by atoms with Gasteiger partial charge in [-0.15, -0.1) is 0 Å². The summed E-state index contributed by atoms with van der Waals surface area (Å²) in [6.45, 7) is 1.72. The second-order valence-electron chi connectivity index (χ2n) is 7.50. The topological polar surface area (TPSA) is 19.7 Å². The zero-order chi connectivity index (χ0) is 18.7. The summed E-state index contributed by atoms with van der Waals surface area (Å²) in [5.74, 6) is 0. The lowest BCUT2D eigenvalue weighted by molar-refractivity contribution is -0.931. The van der Waals surface area contributed by atoms with Gasteiger partial charge in [-0.05, 0) is 56.1 Å². The van der Waals surface area contributed by atoms with Gasteiger partial charge in [0.25, 0.3) is 0 Å². The Morgan fingerprint density at radius 1 is 1.12 bits per heavy atom. The van der Waals surface area contributed by atoms with Crippen LogP contribution < -0.4 is 10.2 Å². The van der Waals surface area contributed by atoms with Crippen molar-refractivity contribution in [3.8, 4) is 0 Å². The van der Waals surface area contributed by atoms with Gasteiger partial charge in [0, 0.05) is 31.6 Å². The van der Waals surface area contributed by atoms with E-state index in [1.807, 2.05) is 0 Å². The van der Waals surface area contributed by atoms with Crippen molar-refractivity contribution >= 4 is 23.0 Å². The zero-order valence-electron chi connectivity index (χ0n) is 15.1. The molecule has 3 nitrogen and oxygen atoms in total. The monoisotopic (exact) mass is 386 g/mol. The quantitative estimate of drug-likeness (QED) is 0.778. The molecule has 7 heteroatoms. The van der Waals surface area contributed by atoms with Gasteiger partial charge in [-0.25, -0.2) is 0 Å². The highest BCUT2D eigenvalue weighted by molar-refractivity contribution is 7.80. The van der Waals surface area contributed by atoms with Gasteiger partial charge < -0.3 is 15.1 Å². The van der Waals surface area contributed by atoms with Crippen molar-refractivity contribution in [1.82, 2.24) is 4.90 Å². The summed E-state index contributed by atoms with van der Waals surface area (Å²) in [7, 11) is 2.31. The third-order valence-corrected chi connectivity index (χ3v) is 6.23. The number of halogens is 3. The Bertz CT molecular complexity index is 621.